The number of amides is 1. The number of rotatable bonds is 2. The van der Waals surface area contributed by atoms with Crippen molar-refractivity contribution in [3.05, 3.63) is 0 Å². The Balaban J connectivity index is 2.33. The van der Waals surface area contributed by atoms with E-state index in [4.69, 9.17) is 10.6 Å². The Morgan fingerprint density at radius 3 is 2.20 bits per heavy atom. The van der Waals surface area contributed by atoms with Crippen molar-refractivity contribution in [1.82, 2.24) is 5.43 Å². The van der Waals surface area contributed by atoms with Crippen LogP contribution in [0.2, 0.25) is 0 Å². The second-order valence-electron chi connectivity index (χ2n) is 5.21. The molecule has 1 amide bonds. The highest BCUT2D eigenvalue weighted by Gasteiger charge is 2.28. The molecule has 4 heteroatoms. The first kappa shape index (κ1) is 12.5. The predicted octanol–water partition coefficient (Wildman–Crippen LogP) is 1.35. The highest BCUT2D eigenvalue weighted by molar-refractivity contribution is 5.77. The van der Waals surface area contributed by atoms with Crippen molar-refractivity contribution < 1.29 is 9.53 Å². The van der Waals surface area contributed by atoms with E-state index >= 15 is 0 Å². The van der Waals surface area contributed by atoms with Crippen LogP contribution < -0.4 is 11.3 Å². The highest BCUT2D eigenvalue weighted by atomic mass is 16.5. The van der Waals surface area contributed by atoms with Gasteiger partial charge in [0.2, 0.25) is 5.91 Å². The molecule has 1 fully saturated rings. The van der Waals surface area contributed by atoms with Crippen molar-refractivity contribution >= 4 is 5.91 Å². The maximum absolute atomic E-state index is 11.3. The molecule has 0 spiro atoms. The standard InChI is InChI=1S/C11H22N2O2/c1-11(2,3)15-9-6-4-8(5-7-9)10(14)13-12/h8-9H,4-7,12H2,1-3H3,(H,13,14)/t8-,9-. The zero-order chi connectivity index (χ0) is 11.5. The van der Waals surface area contributed by atoms with E-state index in [1.165, 1.54) is 0 Å². The topological polar surface area (TPSA) is 64.3 Å². The third kappa shape index (κ3) is 4.18. The number of carbonyl (C=O) groups is 1. The molecule has 4 nitrogen and oxygen atoms in total. The van der Waals surface area contributed by atoms with Gasteiger partial charge in [-0.25, -0.2) is 5.84 Å². The van der Waals surface area contributed by atoms with Gasteiger partial charge in [-0.15, -0.1) is 0 Å². The summed E-state index contributed by atoms with van der Waals surface area (Å²) in [5.74, 6) is 5.15. The zero-order valence-electron chi connectivity index (χ0n) is 9.88. The third-order valence-corrected chi connectivity index (χ3v) is 2.71. The summed E-state index contributed by atoms with van der Waals surface area (Å²) in [6, 6.07) is 0. The second kappa shape index (κ2) is 4.94. The van der Waals surface area contributed by atoms with E-state index in [0.717, 1.165) is 25.7 Å². The van der Waals surface area contributed by atoms with Gasteiger partial charge in [-0.2, -0.15) is 0 Å². The van der Waals surface area contributed by atoms with Gasteiger partial charge in [0.1, 0.15) is 0 Å². The number of hydrogen-bond donors (Lipinski definition) is 2. The van der Waals surface area contributed by atoms with Gasteiger partial charge in [0.15, 0.2) is 0 Å². The van der Waals surface area contributed by atoms with Crippen molar-refractivity contribution in [3.63, 3.8) is 0 Å². The van der Waals surface area contributed by atoms with Gasteiger partial charge in [-0.3, -0.25) is 10.2 Å². The van der Waals surface area contributed by atoms with Gasteiger partial charge < -0.3 is 4.74 Å². The second-order valence-corrected chi connectivity index (χ2v) is 5.21. The minimum atomic E-state index is -0.0897. The molecule has 88 valence electrons. The monoisotopic (exact) mass is 214 g/mol. The van der Waals surface area contributed by atoms with Gasteiger partial charge in [0.25, 0.3) is 0 Å². The van der Waals surface area contributed by atoms with Crippen LogP contribution in [0, 0.1) is 5.92 Å². The Bertz CT molecular complexity index is 215. The first-order valence-corrected chi connectivity index (χ1v) is 5.60. The van der Waals surface area contributed by atoms with Crippen molar-refractivity contribution in [3.8, 4) is 0 Å². The van der Waals surface area contributed by atoms with Crippen LogP contribution in [0.3, 0.4) is 0 Å². The summed E-state index contributed by atoms with van der Waals surface area (Å²) in [6.07, 6.45) is 3.96. The summed E-state index contributed by atoms with van der Waals surface area (Å²) in [7, 11) is 0. The number of ether oxygens (including phenoxy) is 1. The maximum atomic E-state index is 11.3. The van der Waals surface area contributed by atoms with Crippen LogP contribution in [0.1, 0.15) is 46.5 Å². The average Bonchev–Trinajstić information content (AvgIpc) is 2.15. The lowest BCUT2D eigenvalue weighted by atomic mass is 9.86. The third-order valence-electron chi connectivity index (χ3n) is 2.71. The van der Waals surface area contributed by atoms with E-state index < -0.39 is 0 Å². The molecule has 0 bridgehead atoms. The van der Waals surface area contributed by atoms with E-state index in [9.17, 15) is 4.79 Å². The predicted molar refractivity (Wildman–Crippen MR) is 58.9 cm³/mol. The fourth-order valence-corrected chi connectivity index (χ4v) is 2.06. The minimum Gasteiger partial charge on any atom is -0.373 e. The van der Waals surface area contributed by atoms with Gasteiger partial charge in [0.05, 0.1) is 11.7 Å². The Hall–Kier alpha value is -0.610. The number of nitrogens with one attached hydrogen (secondary N) is 1. The van der Waals surface area contributed by atoms with Crippen LogP contribution in [0.15, 0.2) is 0 Å². The van der Waals surface area contributed by atoms with Crippen LogP contribution in [0.5, 0.6) is 0 Å². The Labute approximate surface area is 91.5 Å². The van der Waals surface area contributed by atoms with Crippen LogP contribution in [-0.2, 0) is 9.53 Å². The van der Waals surface area contributed by atoms with Crippen molar-refractivity contribution in [1.29, 1.82) is 0 Å². The molecule has 1 rings (SSSR count). The van der Waals surface area contributed by atoms with Gasteiger partial charge in [-0.05, 0) is 46.5 Å². The molecule has 3 N–H and O–H groups in total. The molecular formula is C11H22N2O2. The molecule has 0 aromatic carbocycles. The Morgan fingerprint density at radius 1 is 1.27 bits per heavy atom. The van der Waals surface area contributed by atoms with Crippen LogP contribution in [-0.4, -0.2) is 17.6 Å². The van der Waals surface area contributed by atoms with E-state index in [1.54, 1.807) is 0 Å². The molecule has 0 aromatic rings. The van der Waals surface area contributed by atoms with Crippen molar-refractivity contribution in [2.24, 2.45) is 11.8 Å². The molecular weight excluding hydrogens is 192 g/mol. The van der Waals surface area contributed by atoms with E-state index in [0.29, 0.717) is 6.10 Å². The SMILES string of the molecule is CC(C)(C)O[C@H]1CC[C@H](C(=O)NN)CC1. The number of nitrogens with two attached hydrogens (primary N) is 1. The lowest BCUT2D eigenvalue weighted by molar-refractivity contribution is -0.128. The fraction of sp³-hybridized carbons (Fsp3) is 0.909. The molecule has 0 heterocycles. The van der Waals surface area contributed by atoms with Crippen LogP contribution >= 0.6 is 0 Å². The normalized spacial score (nSPS) is 27.5. The minimum absolute atomic E-state index is 0.0378. The van der Waals surface area contributed by atoms with E-state index in [-0.39, 0.29) is 17.4 Å². The van der Waals surface area contributed by atoms with Crippen LogP contribution in [0.25, 0.3) is 0 Å². The lowest BCUT2D eigenvalue weighted by Gasteiger charge is -2.32. The molecule has 0 radical (unpaired) electrons. The fourth-order valence-electron chi connectivity index (χ4n) is 2.06. The van der Waals surface area contributed by atoms with Crippen molar-refractivity contribution in [2.75, 3.05) is 0 Å². The summed E-state index contributed by atoms with van der Waals surface area (Å²) in [5, 5.41) is 0. The van der Waals surface area contributed by atoms with Crippen molar-refractivity contribution in [2.45, 2.75) is 58.2 Å². The first-order valence-electron chi connectivity index (χ1n) is 5.60. The van der Waals surface area contributed by atoms with Gasteiger partial charge >= 0.3 is 0 Å². The van der Waals surface area contributed by atoms with E-state index in [1.807, 2.05) is 0 Å². The molecule has 0 aromatic heterocycles. The molecule has 1 aliphatic carbocycles. The summed E-state index contributed by atoms with van der Waals surface area (Å²) >= 11 is 0. The van der Waals surface area contributed by atoms with E-state index in [2.05, 4.69) is 26.2 Å². The molecule has 1 saturated carbocycles. The number of carbonyl (C=O) groups excluding carboxylic acids is 1. The summed E-state index contributed by atoms with van der Waals surface area (Å²) < 4.78 is 5.88. The molecule has 0 saturated heterocycles. The molecule has 1 aliphatic rings. The Kier molecular flexibility index (Phi) is 4.11. The molecule has 0 aliphatic heterocycles. The summed E-state index contributed by atoms with van der Waals surface area (Å²) in [4.78, 5) is 11.3. The average molecular weight is 214 g/mol. The highest BCUT2D eigenvalue weighted by Crippen LogP contribution is 2.28. The summed E-state index contributed by atoms with van der Waals surface area (Å²) in [5.41, 5.74) is 2.13. The van der Waals surface area contributed by atoms with Gasteiger partial charge in [-0.1, -0.05) is 0 Å². The lowest BCUT2D eigenvalue weighted by Crippen LogP contribution is -2.39. The maximum Gasteiger partial charge on any atom is 0.236 e. The van der Waals surface area contributed by atoms with Crippen LogP contribution in [0.4, 0.5) is 0 Å². The first-order chi connectivity index (χ1) is 6.92. The largest absolute Gasteiger partial charge is 0.373 e. The van der Waals surface area contributed by atoms with Gasteiger partial charge in [0, 0.05) is 5.92 Å². The quantitative estimate of drug-likeness (QED) is 0.414. The molecule has 0 unspecified atom stereocenters. The number of hydrazine groups is 1. The summed E-state index contributed by atoms with van der Waals surface area (Å²) in [6.45, 7) is 6.18. The smallest absolute Gasteiger partial charge is 0.236 e. The molecule has 15 heavy (non-hydrogen) atoms. The zero-order valence-corrected chi connectivity index (χ0v) is 9.88. The number of hydrogen-bond acceptors (Lipinski definition) is 3. The molecule has 0 atom stereocenters. The Morgan fingerprint density at radius 2 is 1.80 bits per heavy atom.